The lowest BCUT2D eigenvalue weighted by atomic mass is 10.2. The van der Waals surface area contributed by atoms with Gasteiger partial charge in [-0.05, 0) is 28.7 Å². The Bertz CT molecular complexity index is 268. The van der Waals surface area contributed by atoms with E-state index in [0.717, 1.165) is 14.9 Å². The third-order valence-corrected chi connectivity index (χ3v) is 2.36. The van der Waals surface area contributed by atoms with Crippen molar-refractivity contribution in [3.05, 3.63) is 40.0 Å². The number of halogens is 1. The minimum atomic E-state index is 0.718. The first kappa shape index (κ1) is 8.59. The van der Waals surface area contributed by atoms with Gasteiger partial charge in [0.1, 0.15) is 5.76 Å². The second kappa shape index (κ2) is 3.76. The van der Waals surface area contributed by atoms with Gasteiger partial charge in [0.15, 0.2) is 0 Å². The number of hydrogen-bond donors (Lipinski definition) is 0. The molecule has 0 unspecified atom stereocenters. The van der Waals surface area contributed by atoms with Crippen LogP contribution in [0.2, 0.25) is 0 Å². The van der Waals surface area contributed by atoms with E-state index < -0.39 is 0 Å². The van der Waals surface area contributed by atoms with Gasteiger partial charge in [-0.3, -0.25) is 0 Å². The number of benzene rings is 1. The highest BCUT2D eigenvalue weighted by Gasteiger charge is 2.00. The van der Waals surface area contributed by atoms with Crippen LogP contribution in [0.15, 0.2) is 30.8 Å². The molecular weight excluding hydrogens is 251 g/mol. The van der Waals surface area contributed by atoms with Crippen LogP contribution in [0.1, 0.15) is 5.56 Å². The van der Waals surface area contributed by atoms with E-state index in [1.807, 2.05) is 24.3 Å². The van der Waals surface area contributed by atoms with Crippen molar-refractivity contribution < 1.29 is 4.74 Å². The Morgan fingerprint density at radius 2 is 2.09 bits per heavy atom. The zero-order chi connectivity index (χ0) is 8.27. The molecule has 0 bridgehead atoms. The van der Waals surface area contributed by atoms with Crippen LogP contribution in [-0.2, 0) is 4.74 Å². The maximum atomic E-state index is 5.02. The lowest BCUT2D eigenvalue weighted by Crippen LogP contribution is -1.87. The van der Waals surface area contributed by atoms with Gasteiger partial charge in [0, 0.05) is 9.13 Å². The molecule has 0 aliphatic rings. The van der Waals surface area contributed by atoms with E-state index in [4.69, 9.17) is 4.74 Å². The first-order valence-electron chi connectivity index (χ1n) is 3.23. The highest BCUT2D eigenvalue weighted by Crippen LogP contribution is 2.19. The molecule has 0 radical (unpaired) electrons. The Hall–Kier alpha value is -0.510. The number of methoxy groups -OCH3 is 1. The molecule has 0 aliphatic heterocycles. The SMILES string of the molecule is C=C(OC)c1ccccc1I. The Kier molecular flexibility index (Phi) is 2.93. The normalized spacial score (nSPS) is 9.27. The molecule has 0 aliphatic carbocycles. The van der Waals surface area contributed by atoms with Gasteiger partial charge < -0.3 is 4.74 Å². The van der Waals surface area contributed by atoms with Gasteiger partial charge in [-0.25, -0.2) is 0 Å². The van der Waals surface area contributed by atoms with Crippen LogP contribution in [0.5, 0.6) is 0 Å². The number of ether oxygens (including phenoxy) is 1. The third-order valence-electron chi connectivity index (χ3n) is 1.42. The molecule has 58 valence electrons. The number of hydrogen-bond acceptors (Lipinski definition) is 1. The third kappa shape index (κ3) is 1.96. The van der Waals surface area contributed by atoms with Crippen molar-refractivity contribution in [2.45, 2.75) is 0 Å². The summed E-state index contributed by atoms with van der Waals surface area (Å²) in [4.78, 5) is 0. The molecule has 0 heterocycles. The summed E-state index contributed by atoms with van der Waals surface area (Å²) in [5.74, 6) is 0.718. The van der Waals surface area contributed by atoms with E-state index in [2.05, 4.69) is 29.2 Å². The molecule has 0 saturated carbocycles. The Morgan fingerprint density at radius 3 is 2.64 bits per heavy atom. The Morgan fingerprint density at radius 1 is 1.45 bits per heavy atom. The topological polar surface area (TPSA) is 9.23 Å². The Balaban J connectivity index is 3.03. The highest BCUT2D eigenvalue weighted by atomic mass is 127. The first-order valence-corrected chi connectivity index (χ1v) is 4.31. The molecular formula is C9H9IO. The van der Waals surface area contributed by atoms with Crippen LogP contribution >= 0.6 is 22.6 Å². The average Bonchev–Trinajstić information content (AvgIpc) is 2.04. The van der Waals surface area contributed by atoms with E-state index in [1.54, 1.807) is 7.11 Å². The van der Waals surface area contributed by atoms with E-state index in [1.165, 1.54) is 0 Å². The summed E-state index contributed by atoms with van der Waals surface area (Å²) in [6.07, 6.45) is 0. The molecule has 0 saturated heterocycles. The molecule has 1 nitrogen and oxygen atoms in total. The molecule has 2 heteroatoms. The fraction of sp³-hybridized carbons (Fsp3) is 0.111. The second-order valence-corrected chi connectivity index (χ2v) is 3.27. The van der Waals surface area contributed by atoms with Crippen molar-refractivity contribution in [2.24, 2.45) is 0 Å². The van der Waals surface area contributed by atoms with Crippen molar-refractivity contribution >= 4 is 28.4 Å². The molecule has 0 atom stereocenters. The highest BCUT2D eigenvalue weighted by molar-refractivity contribution is 14.1. The summed E-state index contributed by atoms with van der Waals surface area (Å²) in [6, 6.07) is 7.99. The molecule has 1 rings (SSSR count). The molecule has 0 aromatic heterocycles. The van der Waals surface area contributed by atoms with Crippen molar-refractivity contribution in [1.82, 2.24) is 0 Å². The molecule has 0 N–H and O–H groups in total. The van der Waals surface area contributed by atoms with Crippen molar-refractivity contribution in [3.8, 4) is 0 Å². The van der Waals surface area contributed by atoms with Crippen LogP contribution in [0, 0.1) is 3.57 Å². The summed E-state index contributed by atoms with van der Waals surface area (Å²) in [7, 11) is 1.63. The minimum Gasteiger partial charge on any atom is -0.497 e. The van der Waals surface area contributed by atoms with Crippen molar-refractivity contribution in [3.63, 3.8) is 0 Å². The predicted octanol–water partition coefficient (Wildman–Crippen LogP) is 2.91. The largest absolute Gasteiger partial charge is 0.497 e. The van der Waals surface area contributed by atoms with Gasteiger partial charge >= 0.3 is 0 Å². The lowest BCUT2D eigenvalue weighted by Gasteiger charge is -2.05. The van der Waals surface area contributed by atoms with Crippen LogP contribution in [0.4, 0.5) is 0 Å². The van der Waals surface area contributed by atoms with Gasteiger partial charge in [0.05, 0.1) is 7.11 Å². The summed E-state index contributed by atoms with van der Waals surface area (Å²) in [5.41, 5.74) is 1.07. The smallest absolute Gasteiger partial charge is 0.119 e. The van der Waals surface area contributed by atoms with Gasteiger partial charge in [-0.15, -0.1) is 0 Å². The van der Waals surface area contributed by atoms with Crippen LogP contribution < -0.4 is 0 Å². The second-order valence-electron chi connectivity index (χ2n) is 2.11. The quantitative estimate of drug-likeness (QED) is 0.586. The van der Waals surface area contributed by atoms with Gasteiger partial charge in [-0.2, -0.15) is 0 Å². The summed E-state index contributed by atoms with van der Waals surface area (Å²) in [5, 5.41) is 0. The van der Waals surface area contributed by atoms with Gasteiger partial charge in [0.2, 0.25) is 0 Å². The van der Waals surface area contributed by atoms with E-state index in [-0.39, 0.29) is 0 Å². The van der Waals surface area contributed by atoms with Crippen LogP contribution in [0.3, 0.4) is 0 Å². The summed E-state index contributed by atoms with van der Waals surface area (Å²) in [6.45, 7) is 3.78. The zero-order valence-corrected chi connectivity index (χ0v) is 8.46. The molecule has 0 fully saturated rings. The first-order chi connectivity index (χ1) is 5.25. The fourth-order valence-corrected chi connectivity index (χ4v) is 1.49. The fourth-order valence-electron chi connectivity index (χ4n) is 0.797. The van der Waals surface area contributed by atoms with Crippen molar-refractivity contribution in [1.29, 1.82) is 0 Å². The minimum absolute atomic E-state index is 0.718. The number of rotatable bonds is 2. The van der Waals surface area contributed by atoms with E-state index in [9.17, 15) is 0 Å². The molecule has 1 aromatic carbocycles. The van der Waals surface area contributed by atoms with Gasteiger partial charge in [0.25, 0.3) is 0 Å². The lowest BCUT2D eigenvalue weighted by molar-refractivity contribution is 0.371. The maximum Gasteiger partial charge on any atom is 0.119 e. The van der Waals surface area contributed by atoms with Crippen molar-refractivity contribution in [2.75, 3.05) is 7.11 Å². The molecule has 1 aromatic rings. The molecule has 0 spiro atoms. The van der Waals surface area contributed by atoms with Crippen LogP contribution in [-0.4, -0.2) is 7.11 Å². The standard InChI is InChI=1S/C9H9IO/c1-7(11-2)8-5-3-4-6-9(8)10/h3-6H,1H2,2H3. The molecule has 11 heavy (non-hydrogen) atoms. The Labute approximate surface area is 80.2 Å². The predicted molar refractivity (Wildman–Crippen MR) is 55.2 cm³/mol. The summed E-state index contributed by atoms with van der Waals surface area (Å²) < 4.78 is 6.18. The maximum absolute atomic E-state index is 5.02. The molecule has 0 amide bonds. The zero-order valence-electron chi connectivity index (χ0n) is 6.30. The van der Waals surface area contributed by atoms with E-state index >= 15 is 0 Å². The van der Waals surface area contributed by atoms with Gasteiger partial charge in [-0.1, -0.05) is 24.8 Å². The van der Waals surface area contributed by atoms with E-state index in [0.29, 0.717) is 0 Å². The van der Waals surface area contributed by atoms with Crippen LogP contribution in [0.25, 0.3) is 5.76 Å². The monoisotopic (exact) mass is 260 g/mol. The average molecular weight is 260 g/mol. The summed E-state index contributed by atoms with van der Waals surface area (Å²) >= 11 is 2.26.